The Balaban J connectivity index is 2.24. The van der Waals surface area contributed by atoms with E-state index in [-0.39, 0.29) is 5.56 Å². The molecule has 0 atom stereocenters. The van der Waals surface area contributed by atoms with Crippen molar-refractivity contribution < 1.29 is 31.0 Å². The van der Waals surface area contributed by atoms with E-state index >= 15 is 0 Å². The summed E-state index contributed by atoms with van der Waals surface area (Å²) in [6.45, 7) is -1.17. The second kappa shape index (κ2) is 6.01. The van der Waals surface area contributed by atoms with Gasteiger partial charge in [-0.2, -0.15) is 17.2 Å². The van der Waals surface area contributed by atoms with Crippen LogP contribution in [0.5, 0.6) is 0 Å². The molecule has 2 N–H and O–H groups in total. The molecule has 9 heteroatoms. The van der Waals surface area contributed by atoms with Crippen molar-refractivity contribution in [2.45, 2.75) is 5.25 Å². The summed E-state index contributed by atoms with van der Waals surface area (Å²) >= 11 is 0. The predicted octanol–water partition coefficient (Wildman–Crippen LogP) is 1.45. The molecule has 23 heavy (non-hydrogen) atoms. The molecule has 0 aliphatic rings. The largest absolute Gasteiger partial charge is 0.446 e. The first kappa shape index (κ1) is 17.0. The van der Waals surface area contributed by atoms with E-state index in [1.807, 2.05) is 0 Å². The lowest BCUT2D eigenvalue weighted by atomic mass is 10.0. The lowest BCUT2D eigenvalue weighted by Gasteiger charge is -2.13. The molecular weight excluding hydrogens is 332 g/mol. The highest BCUT2D eigenvalue weighted by Crippen LogP contribution is 2.24. The number of ketones is 1. The van der Waals surface area contributed by atoms with E-state index in [0.29, 0.717) is 10.8 Å². The van der Waals surface area contributed by atoms with Crippen LogP contribution in [0, 0.1) is 0 Å². The first-order valence-corrected chi connectivity index (χ1v) is 7.65. The number of benzene rings is 2. The van der Waals surface area contributed by atoms with Crippen molar-refractivity contribution in [1.82, 2.24) is 0 Å². The third-order valence-electron chi connectivity index (χ3n) is 3.04. The fraction of sp³-hybridized carbons (Fsp3) is 0.143. The van der Waals surface area contributed by atoms with Gasteiger partial charge in [0.05, 0.1) is 0 Å². The van der Waals surface area contributed by atoms with Crippen LogP contribution < -0.4 is 5.73 Å². The Hall–Kier alpha value is -2.39. The van der Waals surface area contributed by atoms with Crippen molar-refractivity contribution in [2.75, 3.05) is 6.61 Å². The van der Waals surface area contributed by atoms with Gasteiger partial charge in [-0.05, 0) is 10.8 Å². The highest BCUT2D eigenvalue weighted by Gasteiger charge is 2.53. The summed E-state index contributed by atoms with van der Waals surface area (Å²) in [7, 11) is -5.64. The number of hydrogen-bond donors (Lipinski definition) is 1. The van der Waals surface area contributed by atoms with Crippen LogP contribution in [0.25, 0.3) is 10.8 Å². The van der Waals surface area contributed by atoms with Gasteiger partial charge in [0.1, 0.15) is 6.61 Å². The number of amides is 1. The van der Waals surface area contributed by atoms with Crippen LogP contribution in [-0.4, -0.2) is 32.0 Å². The number of halogens is 2. The maximum atomic E-state index is 13.1. The molecule has 122 valence electrons. The number of hydrogen-bond acceptors (Lipinski definition) is 5. The van der Waals surface area contributed by atoms with Crippen molar-refractivity contribution in [2.24, 2.45) is 5.73 Å². The van der Waals surface area contributed by atoms with Gasteiger partial charge in [-0.25, -0.2) is 0 Å². The minimum Gasteiger partial charge on any atom is -0.363 e. The number of fused-ring (bicyclic) bond motifs is 1. The van der Waals surface area contributed by atoms with E-state index in [1.165, 1.54) is 6.07 Å². The first-order valence-electron chi connectivity index (χ1n) is 6.24. The standard InChI is InChI=1S/C14H11F2NO5S/c15-14(16,13(17)19)23(20,21)22-8-12(18)11-7-3-5-9-4-1-2-6-10(9)11/h1-7H,8H2,(H2,17,19). The molecule has 0 aromatic heterocycles. The molecule has 0 spiro atoms. The number of alkyl halides is 2. The molecule has 2 rings (SSSR count). The van der Waals surface area contributed by atoms with Crippen LogP contribution in [0.4, 0.5) is 8.78 Å². The molecule has 0 radical (unpaired) electrons. The fourth-order valence-electron chi connectivity index (χ4n) is 1.87. The van der Waals surface area contributed by atoms with Crippen LogP contribution in [0.1, 0.15) is 10.4 Å². The fourth-order valence-corrected chi connectivity index (χ4v) is 2.53. The van der Waals surface area contributed by atoms with Crippen LogP contribution in [0.2, 0.25) is 0 Å². The van der Waals surface area contributed by atoms with Crippen molar-refractivity contribution >= 4 is 32.6 Å². The Bertz CT molecular complexity index is 874. The molecular formula is C14H11F2NO5S. The second-order valence-corrected chi connectivity index (χ2v) is 6.20. The Labute approximate surface area is 130 Å². The molecule has 2 aromatic carbocycles. The number of carbonyl (C=O) groups is 2. The number of primary amides is 1. The van der Waals surface area contributed by atoms with E-state index in [2.05, 4.69) is 9.92 Å². The van der Waals surface area contributed by atoms with Gasteiger partial charge >= 0.3 is 21.3 Å². The summed E-state index contributed by atoms with van der Waals surface area (Å²) < 4.78 is 52.8. The molecule has 0 saturated carbocycles. The van der Waals surface area contributed by atoms with Crippen LogP contribution in [-0.2, 0) is 19.1 Å². The number of nitrogens with two attached hydrogens (primary N) is 1. The van der Waals surface area contributed by atoms with Gasteiger partial charge in [0.25, 0.3) is 0 Å². The molecule has 0 aliphatic heterocycles. The van der Waals surface area contributed by atoms with Crippen LogP contribution in [0.3, 0.4) is 0 Å². The molecule has 0 fully saturated rings. The Kier molecular flexibility index (Phi) is 4.44. The SMILES string of the molecule is NC(=O)C(F)(F)S(=O)(=O)OCC(=O)c1cccc2ccccc12. The molecule has 1 amide bonds. The molecule has 2 aromatic rings. The maximum Gasteiger partial charge on any atom is 0.446 e. The zero-order valence-electron chi connectivity index (χ0n) is 11.5. The van der Waals surface area contributed by atoms with Gasteiger partial charge in [-0.1, -0.05) is 42.5 Å². The monoisotopic (exact) mass is 343 g/mol. The molecule has 0 aliphatic carbocycles. The minimum atomic E-state index is -5.64. The first-order chi connectivity index (χ1) is 10.7. The second-order valence-electron chi connectivity index (χ2n) is 4.55. The van der Waals surface area contributed by atoms with Crippen molar-refractivity contribution in [3.8, 4) is 0 Å². The zero-order chi connectivity index (χ0) is 17.3. The molecule has 0 unspecified atom stereocenters. The van der Waals surface area contributed by atoms with Crippen LogP contribution in [0.15, 0.2) is 42.5 Å². The van der Waals surface area contributed by atoms with E-state index in [1.54, 1.807) is 36.4 Å². The lowest BCUT2D eigenvalue weighted by Crippen LogP contribution is -2.44. The van der Waals surface area contributed by atoms with E-state index < -0.39 is 33.7 Å². The minimum absolute atomic E-state index is 0.112. The highest BCUT2D eigenvalue weighted by molar-refractivity contribution is 7.88. The molecule has 0 bridgehead atoms. The summed E-state index contributed by atoms with van der Waals surface area (Å²) in [4.78, 5) is 22.5. The third kappa shape index (κ3) is 3.20. The molecule has 0 heterocycles. The predicted molar refractivity (Wildman–Crippen MR) is 77.3 cm³/mol. The summed E-state index contributed by atoms with van der Waals surface area (Å²) in [6, 6.07) is 11.4. The third-order valence-corrected chi connectivity index (χ3v) is 4.29. The lowest BCUT2D eigenvalue weighted by molar-refractivity contribution is -0.132. The van der Waals surface area contributed by atoms with Gasteiger partial charge in [-0.3, -0.25) is 13.8 Å². The summed E-state index contributed by atoms with van der Waals surface area (Å²) in [5.41, 5.74) is 4.43. The summed E-state index contributed by atoms with van der Waals surface area (Å²) in [5, 5.41) is -3.68. The quantitative estimate of drug-likeness (QED) is 0.631. The van der Waals surface area contributed by atoms with Crippen molar-refractivity contribution in [3.05, 3.63) is 48.0 Å². The summed E-state index contributed by atoms with van der Waals surface area (Å²) in [6.07, 6.45) is 0. The average Bonchev–Trinajstić information content (AvgIpc) is 2.51. The Morgan fingerprint density at radius 2 is 1.70 bits per heavy atom. The average molecular weight is 343 g/mol. The van der Waals surface area contributed by atoms with E-state index in [9.17, 15) is 26.8 Å². The van der Waals surface area contributed by atoms with Gasteiger partial charge in [0.15, 0.2) is 5.78 Å². The number of carbonyl (C=O) groups excluding carboxylic acids is 2. The smallest absolute Gasteiger partial charge is 0.363 e. The van der Waals surface area contributed by atoms with Crippen molar-refractivity contribution in [3.63, 3.8) is 0 Å². The molecule has 6 nitrogen and oxygen atoms in total. The van der Waals surface area contributed by atoms with E-state index in [0.717, 1.165) is 0 Å². The van der Waals surface area contributed by atoms with Crippen molar-refractivity contribution in [1.29, 1.82) is 0 Å². The number of rotatable bonds is 6. The normalized spacial score (nSPS) is 12.3. The van der Waals surface area contributed by atoms with Gasteiger partial charge in [0, 0.05) is 5.56 Å². The maximum absolute atomic E-state index is 13.1. The van der Waals surface area contributed by atoms with Gasteiger partial charge in [-0.15, -0.1) is 0 Å². The van der Waals surface area contributed by atoms with Gasteiger partial charge < -0.3 is 5.73 Å². The van der Waals surface area contributed by atoms with Crippen LogP contribution >= 0.6 is 0 Å². The molecule has 0 saturated heterocycles. The van der Waals surface area contributed by atoms with Gasteiger partial charge in [0.2, 0.25) is 0 Å². The Morgan fingerprint density at radius 1 is 1.09 bits per heavy atom. The highest BCUT2D eigenvalue weighted by atomic mass is 32.2. The zero-order valence-corrected chi connectivity index (χ0v) is 12.3. The Morgan fingerprint density at radius 3 is 2.35 bits per heavy atom. The summed E-state index contributed by atoms with van der Waals surface area (Å²) in [5.74, 6) is -3.21. The van der Waals surface area contributed by atoms with E-state index in [4.69, 9.17) is 0 Å². The number of Topliss-reactive ketones (excluding diaryl/α,β-unsaturated/α-hetero) is 1. The topological polar surface area (TPSA) is 104 Å².